The van der Waals surface area contributed by atoms with Crippen molar-refractivity contribution in [2.24, 2.45) is 11.1 Å². The quantitative estimate of drug-likeness (QED) is 0.839. The highest BCUT2D eigenvalue weighted by Gasteiger charge is 2.44. The van der Waals surface area contributed by atoms with Gasteiger partial charge in [-0.2, -0.15) is 0 Å². The van der Waals surface area contributed by atoms with Crippen molar-refractivity contribution in [3.05, 3.63) is 35.4 Å². The minimum absolute atomic E-state index is 0.0350. The molecule has 0 aliphatic carbocycles. The van der Waals surface area contributed by atoms with E-state index in [0.29, 0.717) is 19.8 Å². The summed E-state index contributed by atoms with van der Waals surface area (Å²) >= 11 is 0. The molecule has 0 spiro atoms. The number of nitrogens with zero attached hydrogens (tertiary/aromatic N) is 1. The molecule has 0 aromatic heterocycles. The Morgan fingerprint density at radius 3 is 2.67 bits per heavy atom. The van der Waals surface area contributed by atoms with Crippen LogP contribution in [0, 0.1) is 5.41 Å². The number of hydrogen-bond donors (Lipinski definition) is 2. The summed E-state index contributed by atoms with van der Waals surface area (Å²) in [5.74, 6) is -0.0350. The van der Waals surface area contributed by atoms with Crippen LogP contribution in [0.2, 0.25) is 0 Å². The topological polar surface area (TPSA) is 67.6 Å². The van der Waals surface area contributed by atoms with Gasteiger partial charge in [0.05, 0.1) is 18.6 Å². The average molecular weight is 291 g/mol. The summed E-state index contributed by atoms with van der Waals surface area (Å²) in [6.07, 6.45) is 0. The summed E-state index contributed by atoms with van der Waals surface area (Å²) in [5, 5.41) is 3.01. The normalized spacial score (nSPS) is 25.3. The maximum absolute atomic E-state index is 12.4. The van der Waals surface area contributed by atoms with Gasteiger partial charge in [0.15, 0.2) is 0 Å². The van der Waals surface area contributed by atoms with Gasteiger partial charge in [-0.3, -0.25) is 4.79 Å². The first-order chi connectivity index (χ1) is 9.93. The monoisotopic (exact) mass is 291 g/mol. The van der Waals surface area contributed by atoms with Crippen LogP contribution in [0.1, 0.15) is 18.1 Å². The molecule has 2 atom stereocenters. The van der Waals surface area contributed by atoms with Gasteiger partial charge < -0.3 is 20.7 Å². The molecule has 116 valence electrons. The molecule has 1 heterocycles. The Hall–Kier alpha value is -1.43. The smallest absolute Gasteiger partial charge is 0.230 e. The summed E-state index contributed by atoms with van der Waals surface area (Å²) in [6, 6.07) is 7.91. The maximum atomic E-state index is 12.4. The SMILES string of the molecule is CN(C)Cc1ccccc1CNC(=O)C1(C)COCC1N. The number of ether oxygens (including phenoxy) is 1. The fraction of sp³-hybridized carbons (Fsp3) is 0.562. The van der Waals surface area contributed by atoms with Crippen LogP contribution in [-0.4, -0.2) is 44.2 Å². The van der Waals surface area contributed by atoms with Crippen molar-refractivity contribution >= 4 is 5.91 Å². The minimum Gasteiger partial charge on any atom is -0.379 e. The molecule has 1 saturated heterocycles. The Bertz CT molecular complexity index is 504. The van der Waals surface area contributed by atoms with Crippen LogP contribution >= 0.6 is 0 Å². The Morgan fingerprint density at radius 1 is 1.43 bits per heavy atom. The number of nitrogens with one attached hydrogen (secondary N) is 1. The van der Waals surface area contributed by atoms with E-state index in [-0.39, 0.29) is 11.9 Å². The molecule has 5 heteroatoms. The fourth-order valence-corrected chi connectivity index (χ4v) is 2.53. The molecule has 1 aliphatic rings. The van der Waals surface area contributed by atoms with Crippen molar-refractivity contribution in [1.82, 2.24) is 10.2 Å². The van der Waals surface area contributed by atoms with E-state index in [9.17, 15) is 4.79 Å². The van der Waals surface area contributed by atoms with Crippen LogP contribution in [0.15, 0.2) is 24.3 Å². The standard InChI is InChI=1S/C16H25N3O2/c1-16(11-21-10-14(16)17)15(20)18-8-12-6-4-5-7-13(12)9-19(2)3/h4-7,14H,8-11,17H2,1-3H3,(H,18,20). The van der Waals surface area contributed by atoms with Gasteiger partial charge >= 0.3 is 0 Å². The van der Waals surface area contributed by atoms with Crippen molar-refractivity contribution in [2.45, 2.75) is 26.1 Å². The van der Waals surface area contributed by atoms with E-state index in [2.05, 4.69) is 16.3 Å². The zero-order chi connectivity index (χ0) is 15.5. The van der Waals surface area contributed by atoms with Crippen molar-refractivity contribution < 1.29 is 9.53 Å². The fourth-order valence-electron chi connectivity index (χ4n) is 2.53. The second-order valence-corrected chi connectivity index (χ2v) is 6.23. The van der Waals surface area contributed by atoms with E-state index in [4.69, 9.17) is 10.5 Å². The third-order valence-corrected chi connectivity index (χ3v) is 4.08. The molecule has 0 radical (unpaired) electrons. The molecule has 5 nitrogen and oxygen atoms in total. The van der Waals surface area contributed by atoms with E-state index >= 15 is 0 Å². The van der Waals surface area contributed by atoms with Crippen LogP contribution in [0.3, 0.4) is 0 Å². The summed E-state index contributed by atoms with van der Waals surface area (Å²) < 4.78 is 5.33. The molecule has 2 rings (SSSR count). The Balaban J connectivity index is 2.01. The Kier molecular flexibility index (Phi) is 4.98. The Morgan fingerprint density at radius 2 is 2.10 bits per heavy atom. The molecule has 1 amide bonds. The maximum Gasteiger partial charge on any atom is 0.230 e. The largest absolute Gasteiger partial charge is 0.379 e. The lowest BCUT2D eigenvalue weighted by Gasteiger charge is -2.25. The van der Waals surface area contributed by atoms with Crippen molar-refractivity contribution in [3.8, 4) is 0 Å². The molecule has 2 unspecified atom stereocenters. The molecule has 1 aliphatic heterocycles. The third kappa shape index (κ3) is 3.61. The highest BCUT2D eigenvalue weighted by molar-refractivity contribution is 5.83. The van der Waals surface area contributed by atoms with Gasteiger partial charge in [-0.15, -0.1) is 0 Å². The molecule has 1 aromatic carbocycles. The predicted octanol–water partition coefficient (Wildman–Crippen LogP) is 0.728. The van der Waals surface area contributed by atoms with Crippen molar-refractivity contribution in [2.75, 3.05) is 27.3 Å². The molecule has 1 aromatic rings. The Labute approximate surface area is 126 Å². The molecule has 3 N–H and O–H groups in total. The molecular weight excluding hydrogens is 266 g/mol. The number of amides is 1. The number of benzene rings is 1. The summed E-state index contributed by atoms with van der Waals surface area (Å²) in [6.45, 7) is 4.07. The molecular formula is C16H25N3O2. The number of carbonyl (C=O) groups excluding carboxylic acids is 1. The zero-order valence-electron chi connectivity index (χ0n) is 13.1. The lowest BCUT2D eigenvalue weighted by molar-refractivity contribution is -0.130. The lowest BCUT2D eigenvalue weighted by atomic mass is 9.85. The third-order valence-electron chi connectivity index (χ3n) is 4.08. The van der Waals surface area contributed by atoms with Gasteiger partial charge in [0.2, 0.25) is 5.91 Å². The molecule has 0 bridgehead atoms. The molecule has 0 saturated carbocycles. The zero-order valence-corrected chi connectivity index (χ0v) is 13.1. The van der Waals surface area contributed by atoms with Crippen molar-refractivity contribution in [1.29, 1.82) is 0 Å². The first-order valence-corrected chi connectivity index (χ1v) is 7.26. The highest BCUT2D eigenvalue weighted by atomic mass is 16.5. The van der Waals surface area contributed by atoms with E-state index in [1.54, 1.807) is 0 Å². The molecule has 1 fully saturated rings. The van der Waals surface area contributed by atoms with Crippen LogP contribution in [-0.2, 0) is 22.6 Å². The summed E-state index contributed by atoms with van der Waals surface area (Å²) in [5.41, 5.74) is 7.71. The number of carbonyl (C=O) groups is 1. The van der Waals surface area contributed by atoms with E-state index < -0.39 is 5.41 Å². The van der Waals surface area contributed by atoms with Crippen molar-refractivity contribution in [3.63, 3.8) is 0 Å². The van der Waals surface area contributed by atoms with Gasteiger partial charge in [0, 0.05) is 19.1 Å². The van der Waals surface area contributed by atoms with Gasteiger partial charge in [-0.1, -0.05) is 24.3 Å². The van der Waals surface area contributed by atoms with E-state index in [0.717, 1.165) is 12.1 Å². The second-order valence-electron chi connectivity index (χ2n) is 6.23. The minimum atomic E-state index is -0.628. The van der Waals surface area contributed by atoms with Crippen LogP contribution in [0.4, 0.5) is 0 Å². The predicted molar refractivity (Wildman–Crippen MR) is 82.6 cm³/mol. The number of hydrogen-bond acceptors (Lipinski definition) is 4. The average Bonchev–Trinajstić information content (AvgIpc) is 2.78. The first kappa shape index (κ1) is 15.9. The number of nitrogens with two attached hydrogens (primary N) is 1. The van der Waals surface area contributed by atoms with Gasteiger partial charge in [-0.05, 0) is 32.1 Å². The first-order valence-electron chi connectivity index (χ1n) is 7.26. The van der Waals surface area contributed by atoms with Gasteiger partial charge in [-0.25, -0.2) is 0 Å². The van der Waals surface area contributed by atoms with Crippen LogP contribution < -0.4 is 11.1 Å². The van der Waals surface area contributed by atoms with E-state index in [1.165, 1.54) is 5.56 Å². The number of rotatable bonds is 5. The molecule has 21 heavy (non-hydrogen) atoms. The van der Waals surface area contributed by atoms with E-state index in [1.807, 2.05) is 39.2 Å². The van der Waals surface area contributed by atoms with Gasteiger partial charge in [0.1, 0.15) is 0 Å². The highest BCUT2D eigenvalue weighted by Crippen LogP contribution is 2.27. The summed E-state index contributed by atoms with van der Waals surface area (Å²) in [7, 11) is 4.07. The lowest BCUT2D eigenvalue weighted by Crippen LogP contribution is -2.49. The van der Waals surface area contributed by atoms with Crippen LogP contribution in [0.25, 0.3) is 0 Å². The van der Waals surface area contributed by atoms with Crippen LogP contribution in [0.5, 0.6) is 0 Å². The summed E-state index contributed by atoms with van der Waals surface area (Å²) in [4.78, 5) is 14.5. The van der Waals surface area contributed by atoms with Gasteiger partial charge in [0.25, 0.3) is 0 Å². The second kappa shape index (κ2) is 6.56.